The Kier molecular flexibility index (Phi) is 4.19. The number of nitrogens with zero attached hydrogens (tertiary/aromatic N) is 5. The van der Waals surface area contributed by atoms with Crippen LogP contribution in [0.3, 0.4) is 0 Å². The summed E-state index contributed by atoms with van der Waals surface area (Å²) >= 11 is 0. The maximum absolute atomic E-state index is 12.6. The molecule has 0 aliphatic heterocycles. The van der Waals surface area contributed by atoms with E-state index in [9.17, 15) is 4.79 Å². The van der Waals surface area contributed by atoms with Gasteiger partial charge < -0.3 is 4.74 Å². The van der Waals surface area contributed by atoms with Gasteiger partial charge in [0.25, 0.3) is 5.56 Å². The largest absolute Gasteiger partial charge is 0.438 e. The Labute approximate surface area is 155 Å². The van der Waals surface area contributed by atoms with Crippen LogP contribution in [0.2, 0.25) is 0 Å². The minimum atomic E-state index is -0.160. The molecule has 4 heterocycles. The summed E-state index contributed by atoms with van der Waals surface area (Å²) in [6.07, 6.45) is 8.50. The number of hydrogen-bond donors (Lipinski definition) is 0. The topological polar surface area (TPSA) is 74.3 Å². The molecule has 4 aromatic rings. The summed E-state index contributed by atoms with van der Waals surface area (Å²) < 4.78 is 9.19. The second-order valence-corrected chi connectivity index (χ2v) is 6.58. The first-order chi connectivity index (χ1) is 13.0. The van der Waals surface area contributed by atoms with Crippen LogP contribution in [0.1, 0.15) is 25.6 Å². The molecule has 0 bridgehead atoms. The first-order valence-corrected chi connectivity index (χ1v) is 8.66. The molecule has 0 saturated carbocycles. The van der Waals surface area contributed by atoms with Gasteiger partial charge in [-0.25, -0.2) is 4.98 Å². The molecule has 0 fully saturated rings. The molecule has 136 valence electrons. The van der Waals surface area contributed by atoms with Gasteiger partial charge in [0.2, 0.25) is 5.88 Å². The molecule has 0 atom stereocenters. The highest BCUT2D eigenvalue weighted by Crippen LogP contribution is 2.24. The van der Waals surface area contributed by atoms with Gasteiger partial charge in [0, 0.05) is 30.9 Å². The van der Waals surface area contributed by atoms with Gasteiger partial charge in [-0.3, -0.25) is 23.7 Å². The standard InChI is InChI=1S/C20H19N5O2/c1-13(2)19-23-11-17-20(26)24(3)18(12-25(17)19)27-15-6-7-16(22-10-15)14-5-4-8-21-9-14/h4-13H,1-3H3. The van der Waals surface area contributed by atoms with Crippen molar-refractivity contribution in [3.05, 3.63) is 71.4 Å². The van der Waals surface area contributed by atoms with Crippen LogP contribution in [0.5, 0.6) is 11.6 Å². The van der Waals surface area contributed by atoms with Gasteiger partial charge >= 0.3 is 0 Å². The average molecular weight is 361 g/mol. The normalized spacial score (nSPS) is 11.3. The van der Waals surface area contributed by atoms with Gasteiger partial charge in [-0.05, 0) is 24.3 Å². The minimum Gasteiger partial charge on any atom is -0.438 e. The maximum Gasteiger partial charge on any atom is 0.279 e. The highest BCUT2D eigenvalue weighted by atomic mass is 16.5. The van der Waals surface area contributed by atoms with Crippen molar-refractivity contribution in [2.45, 2.75) is 19.8 Å². The van der Waals surface area contributed by atoms with Crippen molar-refractivity contribution in [1.29, 1.82) is 0 Å². The Morgan fingerprint density at radius 3 is 2.59 bits per heavy atom. The smallest absolute Gasteiger partial charge is 0.279 e. The van der Waals surface area contributed by atoms with Crippen LogP contribution < -0.4 is 10.3 Å². The van der Waals surface area contributed by atoms with Crippen molar-refractivity contribution in [3.8, 4) is 22.9 Å². The van der Waals surface area contributed by atoms with Crippen molar-refractivity contribution in [2.24, 2.45) is 7.05 Å². The van der Waals surface area contributed by atoms with Crippen LogP contribution in [0.25, 0.3) is 16.8 Å². The number of hydrogen-bond acceptors (Lipinski definition) is 5. The molecule has 4 rings (SSSR count). The van der Waals surface area contributed by atoms with Crippen molar-refractivity contribution in [2.75, 3.05) is 0 Å². The first kappa shape index (κ1) is 17.0. The summed E-state index contributed by atoms with van der Waals surface area (Å²) in [6.45, 7) is 4.07. The molecule has 27 heavy (non-hydrogen) atoms. The summed E-state index contributed by atoms with van der Waals surface area (Å²) in [6, 6.07) is 7.49. The Hall–Kier alpha value is -3.48. The van der Waals surface area contributed by atoms with E-state index in [0.29, 0.717) is 17.1 Å². The van der Waals surface area contributed by atoms with E-state index in [-0.39, 0.29) is 11.5 Å². The van der Waals surface area contributed by atoms with Gasteiger partial charge in [-0.2, -0.15) is 0 Å². The lowest BCUT2D eigenvalue weighted by Gasteiger charge is -2.12. The molecule has 0 N–H and O–H groups in total. The number of imidazole rings is 1. The molecule has 7 nitrogen and oxygen atoms in total. The third-order valence-corrected chi connectivity index (χ3v) is 4.35. The molecular formula is C20H19N5O2. The highest BCUT2D eigenvalue weighted by molar-refractivity contribution is 5.58. The molecule has 0 radical (unpaired) electrons. The molecule has 0 aliphatic rings. The summed E-state index contributed by atoms with van der Waals surface area (Å²) in [5.74, 6) is 1.97. The molecule has 4 aromatic heterocycles. The van der Waals surface area contributed by atoms with E-state index < -0.39 is 0 Å². The van der Waals surface area contributed by atoms with E-state index >= 15 is 0 Å². The van der Waals surface area contributed by atoms with Gasteiger partial charge in [0.1, 0.15) is 17.1 Å². The van der Waals surface area contributed by atoms with Crippen LogP contribution in [-0.2, 0) is 7.05 Å². The predicted octanol–water partition coefficient (Wildman–Crippen LogP) is 3.41. The summed E-state index contributed by atoms with van der Waals surface area (Å²) in [4.78, 5) is 25.5. The fraction of sp³-hybridized carbons (Fsp3) is 0.200. The minimum absolute atomic E-state index is 0.160. The first-order valence-electron chi connectivity index (χ1n) is 8.66. The average Bonchev–Trinajstić information content (AvgIpc) is 3.11. The molecule has 0 aliphatic carbocycles. The van der Waals surface area contributed by atoms with E-state index in [4.69, 9.17) is 4.74 Å². The second kappa shape index (κ2) is 6.68. The fourth-order valence-electron chi connectivity index (χ4n) is 2.91. The molecule has 0 spiro atoms. The number of rotatable bonds is 4. The van der Waals surface area contributed by atoms with E-state index in [1.54, 1.807) is 42.4 Å². The summed E-state index contributed by atoms with van der Waals surface area (Å²) in [5, 5.41) is 0. The third-order valence-electron chi connectivity index (χ3n) is 4.35. The van der Waals surface area contributed by atoms with Crippen LogP contribution in [0, 0.1) is 0 Å². The fourth-order valence-corrected chi connectivity index (χ4v) is 2.91. The lowest BCUT2D eigenvalue weighted by molar-refractivity contribution is 0.429. The Balaban J connectivity index is 1.70. The molecule has 0 unspecified atom stereocenters. The predicted molar refractivity (Wildman–Crippen MR) is 102 cm³/mol. The van der Waals surface area contributed by atoms with Crippen molar-refractivity contribution in [1.82, 2.24) is 23.9 Å². The van der Waals surface area contributed by atoms with E-state index in [2.05, 4.69) is 15.0 Å². The molecule has 0 saturated heterocycles. The van der Waals surface area contributed by atoms with E-state index in [1.165, 1.54) is 4.57 Å². The molecule has 0 aromatic carbocycles. The molecular weight excluding hydrogens is 342 g/mol. The number of ether oxygens (including phenoxy) is 1. The van der Waals surface area contributed by atoms with Gasteiger partial charge in [0.15, 0.2) is 0 Å². The van der Waals surface area contributed by atoms with Crippen LogP contribution in [0.4, 0.5) is 0 Å². The van der Waals surface area contributed by atoms with Crippen LogP contribution >= 0.6 is 0 Å². The zero-order chi connectivity index (χ0) is 19.0. The summed E-state index contributed by atoms with van der Waals surface area (Å²) in [7, 11) is 1.68. The SMILES string of the molecule is CC(C)c1ncc2c(=O)n(C)c(Oc3ccc(-c4cccnc4)nc3)cn12. The van der Waals surface area contributed by atoms with Gasteiger partial charge in [-0.15, -0.1) is 0 Å². The Morgan fingerprint density at radius 2 is 1.93 bits per heavy atom. The lowest BCUT2D eigenvalue weighted by atomic mass is 10.2. The van der Waals surface area contributed by atoms with Crippen molar-refractivity contribution in [3.63, 3.8) is 0 Å². The van der Waals surface area contributed by atoms with E-state index in [0.717, 1.165) is 17.1 Å². The van der Waals surface area contributed by atoms with Crippen molar-refractivity contribution < 1.29 is 4.74 Å². The van der Waals surface area contributed by atoms with Crippen LogP contribution in [-0.4, -0.2) is 23.9 Å². The van der Waals surface area contributed by atoms with Crippen molar-refractivity contribution >= 4 is 5.52 Å². The molecule has 0 amide bonds. The van der Waals surface area contributed by atoms with Crippen LogP contribution in [0.15, 0.2) is 60.0 Å². The highest BCUT2D eigenvalue weighted by Gasteiger charge is 2.14. The zero-order valence-corrected chi connectivity index (χ0v) is 15.3. The number of fused-ring (bicyclic) bond motifs is 1. The van der Waals surface area contributed by atoms with E-state index in [1.807, 2.05) is 38.1 Å². The third kappa shape index (κ3) is 3.08. The summed E-state index contributed by atoms with van der Waals surface area (Å²) in [5.41, 5.74) is 2.10. The zero-order valence-electron chi connectivity index (χ0n) is 15.3. The Bertz CT molecular complexity index is 1140. The maximum atomic E-state index is 12.6. The van der Waals surface area contributed by atoms with Gasteiger partial charge in [-0.1, -0.05) is 13.8 Å². The number of pyridine rings is 2. The second-order valence-electron chi connectivity index (χ2n) is 6.58. The lowest BCUT2D eigenvalue weighted by Crippen LogP contribution is -2.20. The molecule has 7 heteroatoms. The monoisotopic (exact) mass is 361 g/mol. The Morgan fingerprint density at radius 1 is 1.07 bits per heavy atom. The number of aromatic nitrogens is 5. The quantitative estimate of drug-likeness (QED) is 0.557. The van der Waals surface area contributed by atoms with Gasteiger partial charge in [0.05, 0.1) is 24.3 Å².